The van der Waals surface area contributed by atoms with E-state index in [4.69, 9.17) is 0 Å². The highest BCUT2D eigenvalue weighted by Crippen LogP contribution is 2.50. The SMILES string of the molecule is CC(C)(C#N)c1cc(Nc2nc(Nc3ccc4c(c3)CNCC43CC3)ncc2C(=O)NC2CC2)ccn1. The zero-order chi connectivity index (χ0) is 25.6. The van der Waals surface area contributed by atoms with Gasteiger partial charge in [0.05, 0.1) is 17.2 Å². The zero-order valence-electron chi connectivity index (χ0n) is 21.1. The molecule has 3 aromatic rings. The van der Waals surface area contributed by atoms with Crippen LogP contribution in [0.3, 0.4) is 0 Å². The predicted octanol–water partition coefficient (Wildman–Crippen LogP) is 4.19. The molecule has 0 radical (unpaired) electrons. The van der Waals surface area contributed by atoms with Gasteiger partial charge in [-0.3, -0.25) is 9.78 Å². The van der Waals surface area contributed by atoms with Crippen molar-refractivity contribution in [1.29, 1.82) is 5.26 Å². The van der Waals surface area contributed by atoms with Crippen LogP contribution in [0.4, 0.5) is 23.1 Å². The normalized spacial score (nSPS) is 17.4. The number of anilines is 4. The van der Waals surface area contributed by atoms with Gasteiger partial charge in [0, 0.05) is 48.3 Å². The van der Waals surface area contributed by atoms with E-state index >= 15 is 0 Å². The van der Waals surface area contributed by atoms with E-state index in [9.17, 15) is 10.1 Å². The molecule has 1 aromatic carbocycles. The number of nitrogens with zero attached hydrogens (tertiary/aromatic N) is 4. The second kappa shape index (κ2) is 8.82. The Kier molecular flexibility index (Phi) is 5.57. The molecule has 1 aliphatic heterocycles. The molecule has 0 unspecified atom stereocenters. The minimum Gasteiger partial charge on any atom is -0.349 e. The molecule has 9 heteroatoms. The highest BCUT2D eigenvalue weighted by atomic mass is 16.1. The van der Waals surface area contributed by atoms with E-state index in [1.165, 1.54) is 24.0 Å². The monoisotopic (exact) mass is 494 g/mol. The van der Waals surface area contributed by atoms with Gasteiger partial charge in [-0.05, 0) is 74.9 Å². The lowest BCUT2D eigenvalue weighted by Gasteiger charge is -2.26. The topological polar surface area (TPSA) is 128 Å². The lowest BCUT2D eigenvalue weighted by molar-refractivity contribution is 0.0951. The molecule has 1 amide bonds. The van der Waals surface area contributed by atoms with E-state index in [0.717, 1.165) is 31.6 Å². The van der Waals surface area contributed by atoms with Gasteiger partial charge in [-0.15, -0.1) is 0 Å². The van der Waals surface area contributed by atoms with Crippen LogP contribution < -0.4 is 21.3 Å². The van der Waals surface area contributed by atoms with E-state index in [1.807, 2.05) is 19.9 Å². The molecule has 1 spiro atoms. The second-order valence-corrected chi connectivity index (χ2v) is 10.9. The summed E-state index contributed by atoms with van der Waals surface area (Å²) in [5, 5.41) is 22.7. The summed E-state index contributed by atoms with van der Waals surface area (Å²) in [7, 11) is 0. The molecule has 0 bridgehead atoms. The summed E-state index contributed by atoms with van der Waals surface area (Å²) in [6.07, 6.45) is 7.65. The Morgan fingerprint density at radius 2 is 1.95 bits per heavy atom. The first-order chi connectivity index (χ1) is 17.8. The van der Waals surface area contributed by atoms with Crippen LogP contribution in [-0.4, -0.2) is 33.4 Å². The second-order valence-electron chi connectivity index (χ2n) is 10.9. The molecule has 2 aliphatic carbocycles. The van der Waals surface area contributed by atoms with Crippen LogP contribution in [-0.2, 0) is 17.4 Å². The third-order valence-corrected chi connectivity index (χ3v) is 7.45. The van der Waals surface area contributed by atoms with Gasteiger partial charge in [0.2, 0.25) is 5.95 Å². The highest BCUT2D eigenvalue weighted by Gasteiger charge is 2.46. The minimum absolute atomic E-state index is 0.209. The van der Waals surface area contributed by atoms with Crippen LogP contribution in [0.5, 0.6) is 0 Å². The fraction of sp³-hybridized carbons (Fsp3) is 0.393. The first-order valence-corrected chi connectivity index (χ1v) is 12.8. The first kappa shape index (κ1) is 23.4. The van der Waals surface area contributed by atoms with Gasteiger partial charge in [-0.25, -0.2) is 4.98 Å². The van der Waals surface area contributed by atoms with Crippen molar-refractivity contribution in [3.05, 3.63) is 65.1 Å². The smallest absolute Gasteiger partial charge is 0.256 e. The van der Waals surface area contributed by atoms with Crippen molar-refractivity contribution < 1.29 is 4.79 Å². The molecule has 0 saturated heterocycles. The molecule has 3 heterocycles. The minimum atomic E-state index is -0.747. The predicted molar refractivity (Wildman–Crippen MR) is 141 cm³/mol. The van der Waals surface area contributed by atoms with Crippen LogP contribution in [0, 0.1) is 11.3 Å². The van der Waals surface area contributed by atoms with Crippen molar-refractivity contribution in [3.8, 4) is 6.07 Å². The number of carbonyl (C=O) groups excluding carboxylic acids is 1. The number of nitrogens with one attached hydrogen (secondary N) is 4. The van der Waals surface area contributed by atoms with E-state index in [1.54, 1.807) is 18.5 Å². The average molecular weight is 495 g/mol. The summed E-state index contributed by atoms with van der Waals surface area (Å²) >= 11 is 0. The Morgan fingerprint density at radius 1 is 1.14 bits per heavy atom. The fourth-order valence-electron chi connectivity index (χ4n) is 4.83. The maximum Gasteiger partial charge on any atom is 0.256 e. The van der Waals surface area contributed by atoms with Crippen molar-refractivity contribution in [2.75, 3.05) is 17.2 Å². The molecule has 4 N–H and O–H groups in total. The van der Waals surface area contributed by atoms with E-state index < -0.39 is 5.41 Å². The Hall–Kier alpha value is -4.03. The van der Waals surface area contributed by atoms with Gasteiger partial charge >= 0.3 is 0 Å². The average Bonchev–Trinajstić information content (AvgIpc) is 3.83. The lowest BCUT2D eigenvalue weighted by atomic mass is 9.88. The molecular weight excluding hydrogens is 464 g/mol. The van der Waals surface area contributed by atoms with Crippen LogP contribution >= 0.6 is 0 Å². The third kappa shape index (κ3) is 4.72. The summed E-state index contributed by atoms with van der Waals surface area (Å²) in [5.74, 6) is 0.568. The molecule has 37 heavy (non-hydrogen) atoms. The van der Waals surface area contributed by atoms with Crippen molar-refractivity contribution in [2.45, 2.75) is 62.9 Å². The van der Waals surface area contributed by atoms with Gasteiger partial charge in [-0.1, -0.05) is 6.07 Å². The van der Waals surface area contributed by atoms with Crippen LogP contribution in [0.1, 0.15) is 66.7 Å². The summed E-state index contributed by atoms with van der Waals surface area (Å²) in [6, 6.07) is 12.5. The molecule has 2 saturated carbocycles. The standard InChI is InChI=1S/C28H30N8O/c1-27(2,15-29)23-12-20(7-10-31-23)33-24-21(25(37)34-18-3-4-18)14-32-26(36-24)35-19-5-6-22-17(11-19)13-30-16-28(22)8-9-28/h5-7,10-12,14,18,30H,3-4,8-9,13,16H2,1-2H3,(H,34,37)(H2,31,32,33,35,36). The molecule has 188 valence electrons. The summed E-state index contributed by atoms with van der Waals surface area (Å²) in [5.41, 5.74) is 4.91. The Morgan fingerprint density at radius 3 is 2.70 bits per heavy atom. The first-order valence-electron chi connectivity index (χ1n) is 12.8. The maximum absolute atomic E-state index is 13.0. The van der Waals surface area contributed by atoms with E-state index in [2.05, 4.69) is 60.5 Å². The molecular formula is C28H30N8O. The number of benzene rings is 1. The van der Waals surface area contributed by atoms with Gasteiger partial charge in [-0.2, -0.15) is 10.2 Å². The van der Waals surface area contributed by atoms with Crippen LogP contribution in [0.25, 0.3) is 0 Å². The van der Waals surface area contributed by atoms with Crippen LogP contribution in [0.2, 0.25) is 0 Å². The van der Waals surface area contributed by atoms with Gasteiger partial charge < -0.3 is 21.3 Å². The Bertz CT molecular complexity index is 1420. The highest BCUT2D eigenvalue weighted by molar-refractivity contribution is 5.99. The van der Waals surface area contributed by atoms with Crippen molar-refractivity contribution in [2.24, 2.45) is 0 Å². The molecule has 3 aliphatic rings. The Balaban J connectivity index is 1.29. The number of hydrogen-bond donors (Lipinski definition) is 4. The number of nitriles is 1. The van der Waals surface area contributed by atoms with Crippen LogP contribution in [0.15, 0.2) is 42.7 Å². The molecule has 2 aromatic heterocycles. The van der Waals surface area contributed by atoms with E-state index in [-0.39, 0.29) is 11.9 Å². The number of rotatable bonds is 7. The van der Waals surface area contributed by atoms with Crippen molar-refractivity contribution in [3.63, 3.8) is 0 Å². The van der Waals surface area contributed by atoms with E-state index in [0.29, 0.717) is 34.1 Å². The number of aromatic nitrogens is 3. The summed E-state index contributed by atoms with van der Waals surface area (Å²) in [6.45, 7) is 5.54. The third-order valence-electron chi connectivity index (χ3n) is 7.45. The quantitative estimate of drug-likeness (QED) is 0.385. The van der Waals surface area contributed by atoms with Crippen molar-refractivity contribution >= 4 is 29.0 Å². The number of hydrogen-bond acceptors (Lipinski definition) is 8. The number of fused-ring (bicyclic) bond motifs is 2. The summed E-state index contributed by atoms with van der Waals surface area (Å²) in [4.78, 5) is 26.5. The molecule has 9 nitrogen and oxygen atoms in total. The fourth-order valence-corrected chi connectivity index (χ4v) is 4.83. The summed E-state index contributed by atoms with van der Waals surface area (Å²) < 4.78 is 0. The largest absolute Gasteiger partial charge is 0.349 e. The number of carbonyl (C=O) groups is 1. The zero-order valence-corrected chi connectivity index (χ0v) is 21.1. The number of amides is 1. The molecule has 6 rings (SSSR count). The van der Waals surface area contributed by atoms with Gasteiger partial charge in [0.15, 0.2) is 0 Å². The maximum atomic E-state index is 13.0. The van der Waals surface area contributed by atoms with Gasteiger partial charge in [0.25, 0.3) is 5.91 Å². The molecule has 0 atom stereocenters. The lowest BCUT2D eigenvalue weighted by Crippen LogP contribution is -2.33. The van der Waals surface area contributed by atoms with Gasteiger partial charge in [0.1, 0.15) is 11.4 Å². The number of pyridine rings is 1. The molecule has 2 fully saturated rings. The van der Waals surface area contributed by atoms with Crippen molar-refractivity contribution in [1.82, 2.24) is 25.6 Å². The Labute approximate surface area is 216 Å².